The second kappa shape index (κ2) is 6.53. The highest BCUT2D eigenvalue weighted by atomic mass is 127. The lowest BCUT2D eigenvalue weighted by molar-refractivity contribution is 0.0955. The summed E-state index contributed by atoms with van der Waals surface area (Å²) in [5.41, 5.74) is 2.84. The van der Waals surface area contributed by atoms with Crippen LogP contribution in [0.25, 0.3) is 0 Å². The van der Waals surface area contributed by atoms with Crippen LogP contribution < -0.4 is 5.43 Å². The van der Waals surface area contributed by atoms with Crippen molar-refractivity contribution in [1.29, 1.82) is 0 Å². The van der Waals surface area contributed by atoms with Crippen molar-refractivity contribution in [3.8, 4) is 0 Å². The molecule has 0 saturated carbocycles. The van der Waals surface area contributed by atoms with Gasteiger partial charge in [-0.3, -0.25) is 4.79 Å². The van der Waals surface area contributed by atoms with E-state index in [1.54, 1.807) is 30.3 Å². The van der Waals surface area contributed by atoms with Gasteiger partial charge < -0.3 is 4.42 Å². The van der Waals surface area contributed by atoms with Crippen molar-refractivity contribution in [2.45, 2.75) is 0 Å². The Labute approximate surface area is 136 Å². The molecule has 0 aliphatic rings. The van der Waals surface area contributed by atoms with Crippen LogP contribution in [-0.4, -0.2) is 12.1 Å². The highest BCUT2D eigenvalue weighted by Crippen LogP contribution is 2.21. The second-order valence-corrected chi connectivity index (χ2v) is 5.75. The molecule has 7 heteroatoms. The molecule has 0 unspecified atom stereocenters. The Morgan fingerprint density at radius 2 is 2.26 bits per heavy atom. The lowest BCUT2D eigenvalue weighted by Gasteiger charge is -1.99. The van der Waals surface area contributed by atoms with Crippen LogP contribution in [0, 0.1) is 3.77 Å². The van der Waals surface area contributed by atoms with Crippen LogP contribution in [0.3, 0.4) is 0 Å². The zero-order valence-electron chi connectivity index (χ0n) is 9.36. The Balaban J connectivity index is 2.00. The summed E-state index contributed by atoms with van der Waals surface area (Å²) in [6.45, 7) is 0. The van der Waals surface area contributed by atoms with E-state index in [9.17, 15) is 4.79 Å². The summed E-state index contributed by atoms with van der Waals surface area (Å²) < 4.78 is 6.90. The number of benzene rings is 1. The van der Waals surface area contributed by atoms with E-state index >= 15 is 0 Å². The fraction of sp³-hybridized carbons (Fsp3) is 0. The summed E-state index contributed by atoms with van der Waals surface area (Å²) in [6.07, 6.45) is 1.43. The number of nitrogens with zero attached hydrogens (tertiary/aromatic N) is 1. The minimum atomic E-state index is -0.334. The van der Waals surface area contributed by atoms with E-state index in [2.05, 4.69) is 26.5 Å². The molecule has 1 heterocycles. The minimum Gasteiger partial charge on any atom is -0.448 e. The Hall–Kier alpha value is -0.860. The summed E-state index contributed by atoms with van der Waals surface area (Å²) in [4.78, 5) is 11.7. The Morgan fingerprint density at radius 1 is 1.47 bits per heavy atom. The molecule has 19 heavy (non-hydrogen) atoms. The zero-order chi connectivity index (χ0) is 13.8. The van der Waals surface area contributed by atoms with E-state index < -0.39 is 0 Å². The highest BCUT2D eigenvalue weighted by Gasteiger charge is 2.05. The van der Waals surface area contributed by atoms with Crippen LogP contribution in [0.15, 0.2) is 44.3 Å². The molecular weight excluding hydrogens is 446 g/mol. The van der Waals surface area contributed by atoms with Crippen LogP contribution in [-0.2, 0) is 0 Å². The predicted octanol–water partition coefficient (Wildman–Crippen LogP) is 4.06. The van der Waals surface area contributed by atoms with Gasteiger partial charge in [-0.25, -0.2) is 5.43 Å². The molecule has 2 rings (SSSR count). The fourth-order valence-electron chi connectivity index (χ4n) is 1.28. The van der Waals surface area contributed by atoms with Crippen molar-refractivity contribution in [3.05, 3.63) is 54.9 Å². The largest absolute Gasteiger partial charge is 0.448 e. The van der Waals surface area contributed by atoms with Gasteiger partial charge in [-0.05, 0) is 34.1 Å². The van der Waals surface area contributed by atoms with Gasteiger partial charge in [-0.1, -0.05) is 17.7 Å². The number of nitrogens with one attached hydrogen (secondary N) is 1. The summed E-state index contributed by atoms with van der Waals surface area (Å²) in [5.74, 6) is 0.210. The van der Waals surface area contributed by atoms with Gasteiger partial charge in [-0.15, -0.1) is 0 Å². The molecule has 0 aliphatic heterocycles. The Kier molecular flexibility index (Phi) is 5.00. The first-order chi connectivity index (χ1) is 9.06. The molecule has 0 saturated heterocycles. The van der Waals surface area contributed by atoms with Gasteiger partial charge in [0, 0.05) is 39.2 Å². The topological polar surface area (TPSA) is 54.6 Å². The van der Waals surface area contributed by atoms with Crippen LogP contribution >= 0.6 is 50.1 Å². The quantitative estimate of drug-likeness (QED) is 0.433. The first-order valence-electron chi connectivity index (χ1n) is 5.10. The zero-order valence-corrected chi connectivity index (χ0v) is 13.9. The summed E-state index contributed by atoms with van der Waals surface area (Å²) in [7, 11) is 0. The number of hydrazone groups is 1. The molecule has 0 fully saturated rings. The molecular formula is C12H7BrClIN2O2. The fourth-order valence-corrected chi connectivity index (χ4v) is 2.18. The maximum Gasteiger partial charge on any atom is 0.271 e. The second-order valence-electron chi connectivity index (χ2n) is 3.48. The van der Waals surface area contributed by atoms with Crippen molar-refractivity contribution in [3.63, 3.8) is 0 Å². The number of amides is 1. The first-order valence-corrected chi connectivity index (χ1v) is 7.35. The van der Waals surface area contributed by atoms with E-state index in [0.717, 1.165) is 8.24 Å². The molecule has 4 nitrogen and oxygen atoms in total. The van der Waals surface area contributed by atoms with Gasteiger partial charge in [0.1, 0.15) is 5.76 Å². The average molecular weight is 453 g/mol. The SMILES string of the molecule is O=C(N/N=C\c1cc(Br)c(I)o1)c1cccc(Cl)c1. The summed E-state index contributed by atoms with van der Waals surface area (Å²) in [6, 6.07) is 8.38. The number of hydrogen-bond donors (Lipinski definition) is 1. The molecule has 1 amide bonds. The van der Waals surface area contributed by atoms with Gasteiger partial charge >= 0.3 is 0 Å². The molecule has 98 valence electrons. The van der Waals surface area contributed by atoms with E-state index in [0.29, 0.717) is 16.3 Å². The molecule has 0 radical (unpaired) electrons. The van der Waals surface area contributed by atoms with Crippen LogP contribution in [0.5, 0.6) is 0 Å². The van der Waals surface area contributed by atoms with Gasteiger partial charge in [0.05, 0.1) is 10.7 Å². The lowest BCUT2D eigenvalue weighted by atomic mass is 10.2. The lowest BCUT2D eigenvalue weighted by Crippen LogP contribution is -2.17. The third kappa shape index (κ3) is 4.05. The smallest absolute Gasteiger partial charge is 0.271 e. The van der Waals surface area contributed by atoms with Gasteiger partial charge in [-0.2, -0.15) is 5.10 Å². The van der Waals surface area contributed by atoms with E-state index in [-0.39, 0.29) is 5.91 Å². The van der Waals surface area contributed by atoms with Crippen molar-refractivity contribution in [2.75, 3.05) is 0 Å². The Morgan fingerprint density at radius 3 is 2.89 bits per heavy atom. The summed E-state index contributed by atoms with van der Waals surface area (Å²) >= 11 is 11.2. The molecule has 1 aromatic heterocycles. The third-order valence-electron chi connectivity index (χ3n) is 2.11. The van der Waals surface area contributed by atoms with Crippen LogP contribution in [0.2, 0.25) is 5.02 Å². The van der Waals surface area contributed by atoms with Crippen molar-refractivity contribution >= 4 is 62.2 Å². The molecule has 1 N–H and O–H groups in total. The van der Waals surface area contributed by atoms with Crippen molar-refractivity contribution in [2.24, 2.45) is 5.10 Å². The third-order valence-corrected chi connectivity index (χ3v) is 4.48. The van der Waals surface area contributed by atoms with Gasteiger partial charge in [0.2, 0.25) is 0 Å². The molecule has 0 atom stereocenters. The maximum absolute atomic E-state index is 11.7. The highest BCUT2D eigenvalue weighted by molar-refractivity contribution is 14.1. The first kappa shape index (κ1) is 14.5. The number of hydrogen-bond acceptors (Lipinski definition) is 3. The van der Waals surface area contributed by atoms with Crippen LogP contribution in [0.4, 0.5) is 0 Å². The maximum atomic E-state index is 11.7. The number of carbonyl (C=O) groups excluding carboxylic acids is 1. The van der Waals surface area contributed by atoms with Gasteiger partial charge in [0.15, 0.2) is 3.77 Å². The number of halogens is 3. The van der Waals surface area contributed by atoms with E-state index in [1.807, 2.05) is 22.6 Å². The molecule has 2 aromatic rings. The average Bonchev–Trinajstić information content (AvgIpc) is 2.68. The molecule has 0 spiro atoms. The Bertz CT molecular complexity index is 623. The van der Waals surface area contributed by atoms with Crippen molar-refractivity contribution in [1.82, 2.24) is 5.43 Å². The monoisotopic (exact) mass is 452 g/mol. The predicted molar refractivity (Wildman–Crippen MR) is 85.6 cm³/mol. The van der Waals surface area contributed by atoms with Crippen molar-refractivity contribution < 1.29 is 9.21 Å². The number of rotatable bonds is 3. The standard InChI is InChI=1S/C12H7BrClIN2O2/c13-10-5-9(19-11(10)15)6-16-17-12(18)7-2-1-3-8(14)4-7/h1-6H,(H,17,18)/b16-6-. The summed E-state index contributed by atoms with van der Waals surface area (Å²) in [5, 5.41) is 4.32. The van der Waals surface area contributed by atoms with Crippen LogP contribution in [0.1, 0.15) is 16.1 Å². The molecule has 0 aliphatic carbocycles. The molecule has 1 aromatic carbocycles. The molecule has 0 bridgehead atoms. The van der Waals surface area contributed by atoms with E-state index in [1.165, 1.54) is 6.21 Å². The van der Waals surface area contributed by atoms with Gasteiger partial charge in [0.25, 0.3) is 5.91 Å². The van der Waals surface area contributed by atoms with E-state index in [4.69, 9.17) is 16.0 Å². The normalized spacial score (nSPS) is 10.9. The number of carbonyl (C=O) groups is 1. The minimum absolute atomic E-state index is 0.334. The number of furan rings is 1.